The van der Waals surface area contributed by atoms with Crippen molar-refractivity contribution in [2.75, 3.05) is 0 Å². The van der Waals surface area contributed by atoms with E-state index in [0.717, 1.165) is 0 Å². The summed E-state index contributed by atoms with van der Waals surface area (Å²) in [5, 5.41) is 10.4. The van der Waals surface area contributed by atoms with E-state index in [0.29, 0.717) is 5.56 Å². The molecule has 0 aliphatic rings. The average molecular weight is 296 g/mol. The summed E-state index contributed by atoms with van der Waals surface area (Å²) in [5.41, 5.74) is 0.332. The highest BCUT2D eigenvalue weighted by atomic mass is 35.5. The molecule has 0 aromatic heterocycles. The number of hydrogen-bond donors (Lipinski definition) is 2. The lowest BCUT2D eigenvalue weighted by Crippen LogP contribution is -2.47. The van der Waals surface area contributed by atoms with E-state index in [9.17, 15) is 22.8 Å². The summed E-state index contributed by atoms with van der Waals surface area (Å²) in [6.45, 7) is 0. The molecular formula is C11H9ClF3NO3. The van der Waals surface area contributed by atoms with Gasteiger partial charge in [-0.25, -0.2) is 4.79 Å². The van der Waals surface area contributed by atoms with Gasteiger partial charge < -0.3 is 10.4 Å². The summed E-state index contributed by atoms with van der Waals surface area (Å²) in [6, 6.07) is 4.40. The van der Waals surface area contributed by atoms with Gasteiger partial charge in [0.25, 0.3) is 0 Å². The molecule has 0 fully saturated rings. The molecule has 4 nitrogen and oxygen atoms in total. The number of carboxylic acids is 1. The number of hydrogen-bond acceptors (Lipinski definition) is 2. The van der Waals surface area contributed by atoms with Gasteiger partial charge in [0, 0.05) is 11.4 Å². The zero-order chi connectivity index (χ0) is 14.6. The zero-order valence-electron chi connectivity index (χ0n) is 9.37. The molecular weight excluding hydrogens is 287 g/mol. The fraction of sp³-hybridized carbons (Fsp3) is 0.273. The molecule has 0 aliphatic carbocycles. The van der Waals surface area contributed by atoms with E-state index in [1.54, 1.807) is 12.1 Å². The smallest absolute Gasteiger partial charge is 0.471 e. The Labute approximate surface area is 111 Å². The van der Waals surface area contributed by atoms with E-state index >= 15 is 0 Å². The molecule has 0 saturated carbocycles. The van der Waals surface area contributed by atoms with E-state index in [1.165, 1.54) is 17.4 Å². The summed E-state index contributed by atoms with van der Waals surface area (Å²) in [6.07, 6.45) is -5.47. The number of carbonyl (C=O) groups is 2. The van der Waals surface area contributed by atoms with Gasteiger partial charge in [-0.2, -0.15) is 13.2 Å². The highest BCUT2D eigenvalue weighted by molar-refractivity contribution is 6.31. The van der Waals surface area contributed by atoms with Gasteiger partial charge in [-0.15, -0.1) is 0 Å². The molecule has 0 radical (unpaired) electrons. The number of carboxylic acid groups (broad SMARTS) is 1. The van der Waals surface area contributed by atoms with Crippen LogP contribution < -0.4 is 5.32 Å². The molecule has 0 bridgehead atoms. The highest BCUT2D eigenvalue weighted by Gasteiger charge is 2.40. The molecule has 8 heteroatoms. The summed E-state index contributed by atoms with van der Waals surface area (Å²) < 4.78 is 36.2. The number of carbonyl (C=O) groups excluding carboxylic acids is 1. The number of alkyl halides is 3. The Morgan fingerprint density at radius 3 is 2.37 bits per heavy atom. The largest absolute Gasteiger partial charge is 0.480 e. The van der Waals surface area contributed by atoms with Crippen LogP contribution >= 0.6 is 11.6 Å². The second-order valence-electron chi connectivity index (χ2n) is 3.66. The Hall–Kier alpha value is -1.76. The van der Waals surface area contributed by atoms with Gasteiger partial charge >= 0.3 is 18.1 Å². The molecule has 1 atom stereocenters. The summed E-state index contributed by atoms with van der Waals surface area (Å²) in [7, 11) is 0. The number of rotatable bonds is 4. The van der Waals surface area contributed by atoms with Crippen molar-refractivity contribution < 1.29 is 27.9 Å². The quantitative estimate of drug-likeness (QED) is 0.893. The fourth-order valence-corrected chi connectivity index (χ4v) is 1.54. The van der Waals surface area contributed by atoms with Crippen LogP contribution in [0.4, 0.5) is 13.2 Å². The van der Waals surface area contributed by atoms with Gasteiger partial charge in [-0.3, -0.25) is 4.79 Å². The average Bonchev–Trinajstić information content (AvgIpc) is 2.29. The lowest BCUT2D eigenvalue weighted by molar-refractivity contribution is -0.175. The van der Waals surface area contributed by atoms with Crippen LogP contribution in [0.3, 0.4) is 0 Å². The topological polar surface area (TPSA) is 66.4 Å². The van der Waals surface area contributed by atoms with Crippen molar-refractivity contribution in [2.45, 2.75) is 18.6 Å². The second-order valence-corrected chi connectivity index (χ2v) is 4.06. The van der Waals surface area contributed by atoms with E-state index < -0.39 is 24.1 Å². The standard InChI is InChI=1S/C11H9ClF3NO3/c12-7-4-2-1-3-6(7)5-8(9(17)18)16-10(19)11(13,14)15/h1-4,8H,5H2,(H,16,19)(H,17,18)/t8-/m0/s1. The summed E-state index contributed by atoms with van der Waals surface area (Å²) in [5.74, 6) is -3.87. The fourth-order valence-electron chi connectivity index (χ4n) is 1.32. The van der Waals surface area contributed by atoms with Crippen LogP contribution in [0.25, 0.3) is 0 Å². The van der Waals surface area contributed by atoms with E-state index in [2.05, 4.69) is 0 Å². The van der Waals surface area contributed by atoms with Gasteiger partial charge in [0.15, 0.2) is 0 Å². The van der Waals surface area contributed by atoms with Crippen LogP contribution in [0.5, 0.6) is 0 Å². The van der Waals surface area contributed by atoms with E-state index in [1.807, 2.05) is 0 Å². The Morgan fingerprint density at radius 1 is 1.32 bits per heavy atom. The SMILES string of the molecule is O=C(O)[C@H](Cc1ccccc1Cl)NC(=O)C(F)(F)F. The molecule has 0 spiro atoms. The number of nitrogens with one attached hydrogen (secondary N) is 1. The molecule has 1 aromatic carbocycles. The molecule has 2 N–H and O–H groups in total. The molecule has 0 saturated heterocycles. The Balaban J connectivity index is 2.83. The zero-order valence-corrected chi connectivity index (χ0v) is 10.1. The maximum atomic E-state index is 12.1. The number of amides is 1. The van der Waals surface area contributed by atoms with Crippen molar-refractivity contribution in [3.05, 3.63) is 34.9 Å². The van der Waals surface area contributed by atoms with Crippen LogP contribution in [0.2, 0.25) is 5.02 Å². The van der Waals surface area contributed by atoms with Crippen LogP contribution in [0.15, 0.2) is 24.3 Å². The Kier molecular flexibility index (Phi) is 4.77. The third kappa shape index (κ3) is 4.44. The van der Waals surface area contributed by atoms with Crippen LogP contribution in [-0.2, 0) is 16.0 Å². The Morgan fingerprint density at radius 2 is 1.89 bits per heavy atom. The first kappa shape index (κ1) is 15.3. The molecule has 104 valence electrons. The predicted molar refractivity (Wildman–Crippen MR) is 60.8 cm³/mol. The molecule has 1 rings (SSSR count). The normalized spacial score (nSPS) is 12.8. The molecule has 0 aliphatic heterocycles. The van der Waals surface area contributed by atoms with Crippen molar-refractivity contribution >= 4 is 23.5 Å². The van der Waals surface area contributed by atoms with Crippen molar-refractivity contribution in [3.8, 4) is 0 Å². The maximum Gasteiger partial charge on any atom is 0.471 e. The van der Waals surface area contributed by atoms with Gasteiger partial charge in [0.2, 0.25) is 0 Å². The second kappa shape index (κ2) is 5.92. The minimum Gasteiger partial charge on any atom is -0.480 e. The molecule has 19 heavy (non-hydrogen) atoms. The lowest BCUT2D eigenvalue weighted by atomic mass is 10.1. The minimum atomic E-state index is -5.13. The minimum absolute atomic E-state index is 0.218. The number of halogens is 4. The highest BCUT2D eigenvalue weighted by Crippen LogP contribution is 2.18. The third-order valence-corrected chi connectivity index (χ3v) is 2.61. The van der Waals surface area contributed by atoms with Gasteiger partial charge in [-0.05, 0) is 11.6 Å². The first-order valence-electron chi connectivity index (χ1n) is 5.05. The van der Waals surface area contributed by atoms with E-state index in [4.69, 9.17) is 16.7 Å². The first-order chi connectivity index (χ1) is 8.71. The Bertz CT molecular complexity index is 490. The van der Waals surface area contributed by atoms with Crippen molar-refractivity contribution in [1.82, 2.24) is 5.32 Å². The predicted octanol–water partition coefficient (Wildman–Crippen LogP) is 2.01. The monoisotopic (exact) mass is 295 g/mol. The number of benzene rings is 1. The summed E-state index contributed by atoms with van der Waals surface area (Å²) in [4.78, 5) is 21.6. The lowest BCUT2D eigenvalue weighted by Gasteiger charge is -2.16. The molecule has 1 amide bonds. The summed E-state index contributed by atoms with van der Waals surface area (Å²) >= 11 is 5.77. The van der Waals surface area contributed by atoms with Crippen LogP contribution in [0.1, 0.15) is 5.56 Å². The van der Waals surface area contributed by atoms with Gasteiger partial charge in [0.05, 0.1) is 0 Å². The molecule has 1 aromatic rings. The van der Waals surface area contributed by atoms with Gasteiger partial charge in [-0.1, -0.05) is 29.8 Å². The van der Waals surface area contributed by atoms with Crippen molar-refractivity contribution in [1.29, 1.82) is 0 Å². The van der Waals surface area contributed by atoms with Crippen molar-refractivity contribution in [3.63, 3.8) is 0 Å². The molecule has 0 unspecified atom stereocenters. The third-order valence-electron chi connectivity index (χ3n) is 2.24. The number of aliphatic carboxylic acids is 1. The van der Waals surface area contributed by atoms with Gasteiger partial charge in [0.1, 0.15) is 6.04 Å². The van der Waals surface area contributed by atoms with Crippen LogP contribution in [-0.4, -0.2) is 29.2 Å². The maximum absolute atomic E-state index is 12.1. The molecule has 0 heterocycles. The van der Waals surface area contributed by atoms with E-state index in [-0.39, 0.29) is 11.4 Å². The van der Waals surface area contributed by atoms with Crippen LogP contribution in [0, 0.1) is 0 Å². The first-order valence-corrected chi connectivity index (χ1v) is 5.43. The van der Waals surface area contributed by atoms with Crippen molar-refractivity contribution in [2.24, 2.45) is 0 Å².